The number of carbonyl (C=O) groups excluding carboxylic acids is 2. The lowest BCUT2D eigenvalue weighted by atomic mass is 9.96. The van der Waals surface area contributed by atoms with Crippen molar-refractivity contribution in [2.75, 3.05) is 30.0 Å². The highest BCUT2D eigenvalue weighted by molar-refractivity contribution is 8.39. The lowest BCUT2D eigenvalue weighted by Gasteiger charge is -2.11. The molecule has 2 aliphatic rings. The number of anilines is 1. The van der Waals surface area contributed by atoms with Crippen molar-refractivity contribution in [3.05, 3.63) is 16.0 Å². The van der Waals surface area contributed by atoms with E-state index in [1.807, 2.05) is 6.92 Å². The Bertz CT molecular complexity index is 715. The second kappa shape index (κ2) is 10.5. The van der Waals surface area contributed by atoms with Crippen LogP contribution in [-0.4, -0.2) is 40.9 Å². The van der Waals surface area contributed by atoms with Crippen LogP contribution in [-0.2, 0) is 22.4 Å². The van der Waals surface area contributed by atoms with Gasteiger partial charge in [0.25, 0.3) is 0 Å². The lowest BCUT2D eigenvalue weighted by Crippen LogP contribution is -2.16. The van der Waals surface area contributed by atoms with Gasteiger partial charge in [-0.15, -0.1) is 11.3 Å². The first-order valence-electron chi connectivity index (χ1n) is 9.60. The van der Waals surface area contributed by atoms with Gasteiger partial charge in [0.05, 0.1) is 18.7 Å². The number of hydrogen-bond acceptors (Lipinski definition) is 7. The van der Waals surface area contributed by atoms with E-state index in [2.05, 4.69) is 10.3 Å². The van der Waals surface area contributed by atoms with Gasteiger partial charge in [0, 0.05) is 22.8 Å². The van der Waals surface area contributed by atoms with E-state index >= 15 is 0 Å². The van der Waals surface area contributed by atoms with Gasteiger partial charge in [0.2, 0.25) is 5.91 Å². The van der Waals surface area contributed by atoms with Gasteiger partial charge in [-0.1, -0.05) is 36.4 Å². The molecule has 0 atom stereocenters. The number of thiophene rings is 1. The lowest BCUT2D eigenvalue weighted by molar-refractivity contribution is -0.115. The molecule has 3 rings (SSSR count). The predicted molar refractivity (Wildman–Crippen MR) is 117 cm³/mol. The van der Waals surface area contributed by atoms with Gasteiger partial charge in [-0.05, 0) is 38.2 Å². The van der Waals surface area contributed by atoms with Crippen LogP contribution in [0.1, 0.15) is 59.8 Å². The smallest absolute Gasteiger partial charge is 0.341 e. The number of esters is 1. The van der Waals surface area contributed by atoms with Crippen molar-refractivity contribution in [3.8, 4) is 0 Å². The number of aliphatic imine (C=N–C) groups is 1. The summed E-state index contributed by atoms with van der Waals surface area (Å²) in [5.41, 5.74) is 1.69. The second-order valence-electron chi connectivity index (χ2n) is 6.49. The molecule has 5 nitrogen and oxygen atoms in total. The van der Waals surface area contributed by atoms with E-state index < -0.39 is 0 Å². The molecule has 0 saturated heterocycles. The molecule has 0 bridgehead atoms. The number of ether oxygens (including phenoxy) is 1. The first kappa shape index (κ1) is 20.7. The Morgan fingerprint density at radius 1 is 1.22 bits per heavy atom. The molecule has 1 aromatic heterocycles. The van der Waals surface area contributed by atoms with Crippen LogP contribution in [0.2, 0.25) is 0 Å². The van der Waals surface area contributed by atoms with E-state index in [1.165, 1.54) is 17.7 Å². The summed E-state index contributed by atoms with van der Waals surface area (Å²) in [4.78, 5) is 30.7. The van der Waals surface area contributed by atoms with Crippen molar-refractivity contribution >= 4 is 56.1 Å². The van der Waals surface area contributed by atoms with Crippen LogP contribution in [0.4, 0.5) is 5.00 Å². The minimum atomic E-state index is -0.308. The van der Waals surface area contributed by atoms with Crippen LogP contribution in [0.3, 0.4) is 0 Å². The molecule has 1 aromatic rings. The minimum absolute atomic E-state index is 0.0501. The standard InChI is InChI=1S/C19H26N2O3S3/c1-2-24-18(23)16-13-7-5-3-4-6-8-14(13)27-17(16)21-15(22)9-11-25-19-20-10-12-26-19/h2-12H2,1H3,(H,21,22). The van der Waals surface area contributed by atoms with Gasteiger partial charge >= 0.3 is 5.97 Å². The number of fused-ring (bicyclic) bond motifs is 1. The highest BCUT2D eigenvalue weighted by atomic mass is 32.2. The molecule has 1 aliphatic carbocycles. The Hall–Kier alpha value is -0.990. The van der Waals surface area contributed by atoms with E-state index in [-0.39, 0.29) is 11.9 Å². The third kappa shape index (κ3) is 5.74. The maximum absolute atomic E-state index is 12.6. The molecule has 0 aromatic carbocycles. The van der Waals surface area contributed by atoms with Crippen molar-refractivity contribution in [2.24, 2.45) is 4.99 Å². The van der Waals surface area contributed by atoms with Crippen LogP contribution in [0.25, 0.3) is 0 Å². The van der Waals surface area contributed by atoms with Gasteiger partial charge in [-0.3, -0.25) is 9.79 Å². The van der Waals surface area contributed by atoms with Crippen molar-refractivity contribution in [1.29, 1.82) is 0 Å². The number of nitrogens with one attached hydrogen (secondary N) is 1. The number of rotatable bonds is 6. The largest absolute Gasteiger partial charge is 0.462 e. The Morgan fingerprint density at radius 3 is 2.78 bits per heavy atom. The summed E-state index contributed by atoms with van der Waals surface area (Å²) in [6.45, 7) is 3.03. The zero-order chi connectivity index (χ0) is 19.1. The van der Waals surface area contributed by atoms with Crippen molar-refractivity contribution < 1.29 is 14.3 Å². The van der Waals surface area contributed by atoms with Gasteiger partial charge in [0.1, 0.15) is 9.38 Å². The quantitative estimate of drug-likeness (QED) is 0.665. The van der Waals surface area contributed by atoms with Crippen molar-refractivity contribution in [3.63, 3.8) is 0 Å². The topological polar surface area (TPSA) is 67.8 Å². The van der Waals surface area contributed by atoms with E-state index in [4.69, 9.17) is 4.74 Å². The van der Waals surface area contributed by atoms with Gasteiger partial charge in [-0.2, -0.15) is 0 Å². The van der Waals surface area contributed by atoms with Crippen molar-refractivity contribution in [2.45, 2.75) is 51.9 Å². The summed E-state index contributed by atoms with van der Waals surface area (Å²) in [6.07, 6.45) is 6.93. The van der Waals surface area contributed by atoms with Crippen LogP contribution in [0.5, 0.6) is 0 Å². The van der Waals surface area contributed by atoms with E-state index in [9.17, 15) is 9.59 Å². The SMILES string of the molecule is CCOC(=O)c1c(NC(=O)CCSC2=NCCS2)sc2c1CCCCCC2. The van der Waals surface area contributed by atoms with E-state index in [0.29, 0.717) is 29.3 Å². The Labute approximate surface area is 173 Å². The Morgan fingerprint density at radius 2 is 2.04 bits per heavy atom. The number of hydrogen-bond donors (Lipinski definition) is 1. The molecule has 0 unspecified atom stereocenters. The highest BCUT2D eigenvalue weighted by Gasteiger charge is 2.26. The third-order valence-corrected chi connectivity index (χ3v) is 7.98. The summed E-state index contributed by atoms with van der Waals surface area (Å²) < 4.78 is 6.37. The van der Waals surface area contributed by atoms with E-state index in [1.54, 1.807) is 34.9 Å². The number of nitrogens with zero attached hydrogens (tertiary/aromatic N) is 1. The molecule has 0 fully saturated rings. The Balaban J connectivity index is 1.69. The number of aryl methyl sites for hydroxylation is 1. The Kier molecular flexibility index (Phi) is 8.08. The summed E-state index contributed by atoms with van der Waals surface area (Å²) in [6, 6.07) is 0. The normalized spacial score (nSPS) is 16.9. The number of carbonyl (C=O) groups is 2. The molecule has 0 radical (unpaired) electrons. The van der Waals surface area contributed by atoms with Crippen LogP contribution in [0, 0.1) is 0 Å². The molecule has 1 aliphatic heterocycles. The molecule has 27 heavy (non-hydrogen) atoms. The van der Waals surface area contributed by atoms with Gasteiger partial charge in [0.15, 0.2) is 0 Å². The molecule has 1 N–H and O–H groups in total. The number of thioether (sulfide) groups is 2. The average molecular weight is 427 g/mol. The predicted octanol–water partition coefficient (Wildman–Crippen LogP) is 4.75. The molecule has 148 valence electrons. The first-order chi connectivity index (χ1) is 13.2. The zero-order valence-electron chi connectivity index (χ0n) is 15.7. The fraction of sp³-hybridized carbons (Fsp3) is 0.632. The van der Waals surface area contributed by atoms with Crippen LogP contribution in [0.15, 0.2) is 4.99 Å². The molecular weight excluding hydrogens is 400 g/mol. The maximum Gasteiger partial charge on any atom is 0.341 e. The molecule has 0 saturated carbocycles. The maximum atomic E-state index is 12.6. The first-order valence-corrected chi connectivity index (χ1v) is 12.4. The fourth-order valence-corrected chi connectivity index (χ4v) is 6.56. The highest BCUT2D eigenvalue weighted by Crippen LogP contribution is 2.37. The third-order valence-electron chi connectivity index (χ3n) is 4.52. The van der Waals surface area contributed by atoms with Crippen LogP contribution < -0.4 is 5.32 Å². The van der Waals surface area contributed by atoms with E-state index in [0.717, 1.165) is 47.9 Å². The van der Waals surface area contributed by atoms with Gasteiger partial charge < -0.3 is 10.1 Å². The summed E-state index contributed by atoms with van der Waals surface area (Å²) >= 11 is 4.95. The number of amides is 1. The molecule has 1 amide bonds. The zero-order valence-corrected chi connectivity index (χ0v) is 18.1. The summed E-state index contributed by atoms with van der Waals surface area (Å²) in [7, 11) is 0. The van der Waals surface area contributed by atoms with Crippen molar-refractivity contribution in [1.82, 2.24) is 0 Å². The van der Waals surface area contributed by atoms with Crippen LogP contribution >= 0.6 is 34.9 Å². The fourth-order valence-electron chi connectivity index (χ4n) is 3.25. The monoisotopic (exact) mass is 426 g/mol. The second-order valence-corrected chi connectivity index (χ2v) is 10.0. The molecule has 2 heterocycles. The average Bonchev–Trinajstić information content (AvgIpc) is 3.23. The molecular formula is C19H26N2O3S3. The minimum Gasteiger partial charge on any atom is -0.462 e. The molecule has 8 heteroatoms. The summed E-state index contributed by atoms with van der Waals surface area (Å²) in [5, 5.41) is 3.66. The summed E-state index contributed by atoms with van der Waals surface area (Å²) in [5.74, 6) is 1.39. The molecule has 0 spiro atoms. The van der Waals surface area contributed by atoms with Gasteiger partial charge in [-0.25, -0.2) is 4.79 Å².